The van der Waals surface area contributed by atoms with E-state index in [1.165, 1.54) is 9.36 Å². The Bertz CT molecular complexity index is 950. The lowest BCUT2D eigenvalue weighted by molar-refractivity contribution is -0.167. The topological polar surface area (TPSA) is 56.0 Å². The van der Waals surface area contributed by atoms with E-state index in [9.17, 15) is 27.2 Å². The fraction of sp³-hybridized carbons (Fsp3) is 0.333. The first-order valence-corrected chi connectivity index (χ1v) is 8.23. The van der Waals surface area contributed by atoms with Crippen molar-refractivity contribution < 1.29 is 22.4 Å². The quantitative estimate of drug-likeness (QED) is 0.757. The van der Waals surface area contributed by atoms with Crippen molar-refractivity contribution in [3.8, 4) is 11.1 Å². The first kappa shape index (κ1) is 18.8. The van der Waals surface area contributed by atoms with Crippen LogP contribution in [0.2, 0.25) is 10.2 Å². The summed E-state index contributed by atoms with van der Waals surface area (Å²) in [6.07, 6.45) is -3.62. The Morgan fingerprint density at radius 3 is 2.31 bits per heavy atom. The monoisotopic (exact) mass is 411 g/mol. The van der Waals surface area contributed by atoms with E-state index in [4.69, 9.17) is 23.2 Å². The number of carbonyl (C=O) groups excluding carboxylic acids is 1. The highest BCUT2D eigenvalue weighted by Gasteiger charge is 2.39. The second kappa shape index (κ2) is 6.62. The zero-order valence-electron chi connectivity index (χ0n) is 13.0. The fourth-order valence-corrected chi connectivity index (χ4v) is 3.34. The molecule has 0 saturated carbocycles. The van der Waals surface area contributed by atoms with Crippen LogP contribution < -0.4 is 10.9 Å². The third-order valence-corrected chi connectivity index (χ3v) is 4.69. The van der Waals surface area contributed by atoms with Crippen LogP contribution in [-0.2, 0) is 17.9 Å². The molecule has 0 fully saturated rings. The number of hydrogen-bond acceptors (Lipinski definition) is 2. The van der Waals surface area contributed by atoms with E-state index in [0.717, 1.165) is 25.0 Å². The molecule has 1 aliphatic rings. The number of nitrogens with zero attached hydrogens (tertiary/aromatic N) is 2. The van der Waals surface area contributed by atoms with Crippen LogP contribution in [0.15, 0.2) is 16.9 Å². The molecule has 0 aliphatic carbocycles. The van der Waals surface area contributed by atoms with Crippen LogP contribution in [0.3, 0.4) is 0 Å². The van der Waals surface area contributed by atoms with Crippen LogP contribution in [-0.4, -0.2) is 21.4 Å². The summed E-state index contributed by atoms with van der Waals surface area (Å²) in [7, 11) is 0. The van der Waals surface area contributed by atoms with Gasteiger partial charge in [-0.15, -0.1) is 0 Å². The first-order valence-electron chi connectivity index (χ1n) is 7.48. The van der Waals surface area contributed by atoms with Gasteiger partial charge in [-0.3, -0.25) is 14.3 Å². The molecule has 1 N–H and O–H groups in total. The summed E-state index contributed by atoms with van der Waals surface area (Å²) < 4.78 is 54.6. The number of halogens is 6. The molecule has 1 amide bonds. The summed E-state index contributed by atoms with van der Waals surface area (Å²) in [4.78, 5) is 23.7. The van der Waals surface area contributed by atoms with Crippen molar-refractivity contribution >= 4 is 34.8 Å². The van der Waals surface area contributed by atoms with Gasteiger partial charge in [-0.25, -0.2) is 9.07 Å². The average molecular weight is 412 g/mol. The Hall–Kier alpha value is -2.00. The van der Waals surface area contributed by atoms with Crippen LogP contribution in [0.5, 0.6) is 0 Å². The molecule has 3 rings (SSSR count). The third-order valence-electron chi connectivity index (χ3n) is 3.99. The second-order valence-electron chi connectivity index (χ2n) is 5.69. The standard InChI is InChI=1S/C15H11Cl2F4N3O2/c16-8-6-9(18)7(5-10(8)22-14(26)15(19,20)21)11-12(17)23-3-1-2-4-24(23)13(11)25/h5-6H,1-4H2,(H,22,26). The molecule has 0 unspecified atom stereocenters. The molecular formula is C15H11Cl2F4N3O2. The fourth-order valence-electron chi connectivity index (χ4n) is 2.78. The van der Waals surface area contributed by atoms with Crippen LogP contribution in [0.25, 0.3) is 11.1 Å². The van der Waals surface area contributed by atoms with Crippen molar-refractivity contribution in [2.75, 3.05) is 5.32 Å². The SMILES string of the molecule is O=C(Nc1cc(-c2c(Cl)n3n(c2=O)CCCC3)c(F)cc1Cl)C(F)(F)F. The summed E-state index contributed by atoms with van der Waals surface area (Å²) >= 11 is 11.9. The predicted octanol–water partition coefficient (Wildman–Crippen LogP) is 4.06. The van der Waals surface area contributed by atoms with Crippen molar-refractivity contribution in [3.05, 3.63) is 38.5 Å². The van der Waals surface area contributed by atoms with Gasteiger partial charge in [-0.1, -0.05) is 23.2 Å². The van der Waals surface area contributed by atoms with Crippen LogP contribution in [0.1, 0.15) is 12.8 Å². The van der Waals surface area contributed by atoms with E-state index < -0.39 is 34.2 Å². The summed E-state index contributed by atoms with van der Waals surface area (Å²) in [6.45, 7) is 0.854. The van der Waals surface area contributed by atoms with E-state index in [-0.39, 0.29) is 16.3 Å². The minimum Gasteiger partial charge on any atom is -0.317 e. The number of nitrogens with one attached hydrogen (secondary N) is 1. The molecule has 5 nitrogen and oxygen atoms in total. The van der Waals surface area contributed by atoms with Gasteiger partial charge in [0.15, 0.2) is 0 Å². The Morgan fingerprint density at radius 2 is 1.73 bits per heavy atom. The molecule has 1 aromatic heterocycles. The average Bonchev–Trinajstić information content (AvgIpc) is 2.81. The third kappa shape index (κ3) is 3.21. The Balaban J connectivity index is 2.12. The van der Waals surface area contributed by atoms with Gasteiger partial charge in [0.1, 0.15) is 11.0 Å². The number of carbonyl (C=O) groups is 1. The maximum absolute atomic E-state index is 14.4. The zero-order valence-corrected chi connectivity index (χ0v) is 14.5. The van der Waals surface area contributed by atoms with Gasteiger partial charge in [0.2, 0.25) is 0 Å². The summed E-state index contributed by atoms with van der Waals surface area (Å²) in [5.74, 6) is -3.21. The van der Waals surface area contributed by atoms with Gasteiger partial charge >= 0.3 is 12.1 Å². The molecule has 0 saturated heterocycles. The van der Waals surface area contributed by atoms with Gasteiger partial charge in [0.25, 0.3) is 5.56 Å². The van der Waals surface area contributed by atoms with E-state index in [2.05, 4.69) is 0 Å². The van der Waals surface area contributed by atoms with E-state index in [1.54, 1.807) is 5.32 Å². The predicted molar refractivity (Wildman–Crippen MR) is 88.0 cm³/mol. The van der Waals surface area contributed by atoms with Crippen molar-refractivity contribution in [2.45, 2.75) is 32.1 Å². The molecule has 1 aromatic carbocycles. The van der Waals surface area contributed by atoms with Crippen molar-refractivity contribution in [2.24, 2.45) is 0 Å². The number of amides is 1. The molecule has 0 bridgehead atoms. The number of hydrogen-bond donors (Lipinski definition) is 1. The lowest BCUT2D eigenvalue weighted by Gasteiger charge is -2.17. The Labute approximate surface area is 154 Å². The van der Waals surface area contributed by atoms with Crippen LogP contribution in [0.4, 0.5) is 23.2 Å². The number of aromatic nitrogens is 2. The van der Waals surface area contributed by atoms with E-state index >= 15 is 0 Å². The van der Waals surface area contributed by atoms with Gasteiger partial charge in [0, 0.05) is 18.7 Å². The van der Waals surface area contributed by atoms with Crippen molar-refractivity contribution in [1.29, 1.82) is 0 Å². The zero-order chi connectivity index (χ0) is 19.2. The molecule has 0 radical (unpaired) electrons. The highest BCUT2D eigenvalue weighted by molar-refractivity contribution is 6.34. The number of benzene rings is 1. The molecule has 2 aromatic rings. The maximum atomic E-state index is 14.4. The van der Waals surface area contributed by atoms with E-state index in [1.807, 2.05) is 0 Å². The molecule has 140 valence electrons. The van der Waals surface area contributed by atoms with Crippen molar-refractivity contribution in [3.63, 3.8) is 0 Å². The van der Waals surface area contributed by atoms with Crippen LogP contribution in [0, 0.1) is 5.82 Å². The van der Waals surface area contributed by atoms with Gasteiger partial charge in [-0.2, -0.15) is 13.2 Å². The van der Waals surface area contributed by atoms with Crippen LogP contribution >= 0.6 is 23.2 Å². The summed E-state index contributed by atoms with van der Waals surface area (Å²) in [6, 6.07) is 1.59. The molecule has 11 heteroatoms. The molecular weight excluding hydrogens is 401 g/mol. The maximum Gasteiger partial charge on any atom is 0.471 e. The molecule has 2 heterocycles. The Kier molecular flexibility index (Phi) is 4.78. The summed E-state index contributed by atoms with van der Waals surface area (Å²) in [5.41, 5.74) is -1.57. The lowest BCUT2D eigenvalue weighted by atomic mass is 10.1. The minimum atomic E-state index is -5.15. The number of rotatable bonds is 2. The Morgan fingerprint density at radius 1 is 1.12 bits per heavy atom. The highest BCUT2D eigenvalue weighted by Crippen LogP contribution is 2.35. The second-order valence-corrected chi connectivity index (χ2v) is 6.45. The molecule has 1 aliphatic heterocycles. The first-order chi connectivity index (χ1) is 12.1. The normalized spacial score (nSPS) is 14.2. The lowest BCUT2D eigenvalue weighted by Crippen LogP contribution is -2.30. The number of anilines is 1. The molecule has 26 heavy (non-hydrogen) atoms. The van der Waals surface area contributed by atoms with Gasteiger partial charge in [0.05, 0.1) is 16.3 Å². The summed E-state index contributed by atoms with van der Waals surface area (Å²) in [5, 5.41) is 1.10. The minimum absolute atomic E-state index is 0.0241. The highest BCUT2D eigenvalue weighted by atomic mass is 35.5. The van der Waals surface area contributed by atoms with Gasteiger partial charge in [-0.05, 0) is 25.0 Å². The smallest absolute Gasteiger partial charge is 0.317 e. The number of fused-ring (bicyclic) bond motifs is 1. The molecule has 0 atom stereocenters. The largest absolute Gasteiger partial charge is 0.471 e. The number of alkyl halides is 3. The van der Waals surface area contributed by atoms with Gasteiger partial charge < -0.3 is 5.32 Å². The molecule has 0 spiro atoms. The van der Waals surface area contributed by atoms with E-state index in [0.29, 0.717) is 13.1 Å². The van der Waals surface area contributed by atoms with Crippen molar-refractivity contribution in [1.82, 2.24) is 9.36 Å².